The van der Waals surface area contributed by atoms with Gasteiger partial charge in [0.25, 0.3) is 0 Å². The maximum Gasteiger partial charge on any atom is 0.227 e. The highest BCUT2D eigenvalue weighted by Crippen LogP contribution is 2.43. The van der Waals surface area contributed by atoms with Crippen LogP contribution < -0.4 is 4.90 Å². The summed E-state index contributed by atoms with van der Waals surface area (Å²) in [7, 11) is 2.28. The van der Waals surface area contributed by atoms with Gasteiger partial charge in [0.05, 0.1) is 11.9 Å². The van der Waals surface area contributed by atoms with E-state index in [1.54, 1.807) is 6.20 Å². The van der Waals surface area contributed by atoms with Crippen LogP contribution in [-0.2, 0) is 0 Å². The lowest BCUT2D eigenvalue weighted by Gasteiger charge is -2.39. The van der Waals surface area contributed by atoms with Crippen LogP contribution in [0.4, 0.5) is 5.69 Å². The van der Waals surface area contributed by atoms with Gasteiger partial charge in [-0.3, -0.25) is 4.90 Å². The number of furan rings is 1. The molecule has 2 bridgehead atoms. The lowest BCUT2D eigenvalue weighted by Crippen LogP contribution is -2.47. The maximum absolute atomic E-state index is 6.28. The summed E-state index contributed by atoms with van der Waals surface area (Å²) in [5.41, 5.74) is 4.29. The lowest BCUT2D eigenvalue weighted by atomic mass is 9.91. The topological polar surface area (TPSA) is 32.5 Å². The Hall–Kier alpha value is -2.07. The molecule has 2 aromatic heterocycles. The van der Waals surface area contributed by atoms with E-state index < -0.39 is 0 Å². The third-order valence-electron chi connectivity index (χ3n) is 6.48. The summed E-state index contributed by atoms with van der Waals surface area (Å²) < 4.78 is 6.28. The van der Waals surface area contributed by atoms with Crippen LogP contribution in [0.3, 0.4) is 0 Å². The molecule has 0 unspecified atom stereocenters. The number of aromatic nitrogens is 1. The lowest BCUT2D eigenvalue weighted by molar-refractivity contribution is 0.184. The standard InChI is InChI=1S/C21H25N3O/c1-13-6-11-17-18-5-4-12-22-21(18)25-20(17)19(13)24-14(2)23(3)15-7-9-16(24)10-8-15/h4-6,11-12,14-16H,7-10H2,1-3H3/t14-,15?,16?/m0/s1. The van der Waals surface area contributed by atoms with E-state index in [-0.39, 0.29) is 0 Å². The number of benzene rings is 1. The zero-order valence-corrected chi connectivity index (χ0v) is 15.2. The molecule has 25 heavy (non-hydrogen) atoms. The van der Waals surface area contributed by atoms with Gasteiger partial charge in [0.15, 0.2) is 5.58 Å². The van der Waals surface area contributed by atoms with Gasteiger partial charge in [-0.1, -0.05) is 12.1 Å². The number of hydrogen-bond acceptors (Lipinski definition) is 4. The van der Waals surface area contributed by atoms with Gasteiger partial charge in [0.2, 0.25) is 5.71 Å². The first-order valence-corrected chi connectivity index (χ1v) is 9.42. The molecule has 130 valence electrons. The van der Waals surface area contributed by atoms with Crippen molar-refractivity contribution >= 4 is 27.8 Å². The van der Waals surface area contributed by atoms with Crippen LogP contribution in [0.15, 0.2) is 34.9 Å². The first-order chi connectivity index (χ1) is 12.1. The molecule has 1 saturated carbocycles. The van der Waals surface area contributed by atoms with E-state index in [1.807, 2.05) is 6.07 Å². The molecule has 4 heterocycles. The van der Waals surface area contributed by atoms with Crippen molar-refractivity contribution in [1.29, 1.82) is 0 Å². The minimum absolute atomic E-state index is 0.380. The van der Waals surface area contributed by atoms with Gasteiger partial charge in [0.1, 0.15) is 0 Å². The third-order valence-corrected chi connectivity index (χ3v) is 6.48. The van der Waals surface area contributed by atoms with E-state index in [2.05, 4.69) is 53.9 Å². The maximum atomic E-state index is 6.28. The van der Waals surface area contributed by atoms with Gasteiger partial charge < -0.3 is 9.32 Å². The predicted molar refractivity (Wildman–Crippen MR) is 102 cm³/mol. The Labute approximate surface area is 148 Å². The zero-order valence-electron chi connectivity index (χ0n) is 15.2. The van der Waals surface area contributed by atoms with Crippen LogP contribution >= 0.6 is 0 Å². The summed E-state index contributed by atoms with van der Waals surface area (Å²) in [5, 5.41) is 2.29. The highest BCUT2D eigenvalue weighted by molar-refractivity contribution is 6.08. The molecular weight excluding hydrogens is 310 g/mol. The summed E-state index contributed by atoms with van der Waals surface area (Å²) in [6.45, 7) is 4.55. The average molecular weight is 335 g/mol. The molecule has 1 aromatic carbocycles. The smallest absolute Gasteiger partial charge is 0.227 e. The normalized spacial score (nSPS) is 27.3. The fourth-order valence-electron chi connectivity index (χ4n) is 5.00. The summed E-state index contributed by atoms with van der Waals surface area (Å²) in [6.07, 6.45) is 7.34. The molecule has 4 heteroatoms. The van der Waals surface area contributed by atoms with E-state index in [0.29, 0.717) is 18.2 Å². The molecule has 0 spiro atoms. The van der Waals surface area contributed by atoms with Crippen molar-refractivity contribution in [3.63, 3.8) is 0 Å². The van der Waals surface area contributed by atoms with Gasteiger partial charge in [0, 0.05) is 29.1 Å². The van der Waals surface area contributed by atoms with Crippen molar-refractivity contribution in [3.8, 4) is 0 Å². The van der Waals surface area contributed by atoms with E-state index in [0.717, 1.165) is 16.7 Å². The second-order valence-corrected chi connectivity index (χ2v) is 7.73. The first-order valence-electron chi connectivity index (χ1n) is 9.42. The number of rotatable bonds is 1. The molecule has 1 aliphatic carbocycles. The van der Waals surface area contributed by atoms with Gasteiger partial charge >= 0.3 is 0 Å². The summed E-state index contributed by atoms with van der Waals surface area (Å²) in [4.78, 5) is 9.63. The largest absolute Gasteiger partial charge is 0.436 e. The van der Waals surface area contributed by atoms with E-state index in [9.17, 15) is 0 Å². The SMILES string of the molecule is Cc1ccc2c(oc3ncccc32)c1N1C2CCC(CC2)N(C)[C@@H]1C. The van der Waals surface area contributed by atoms with Crippen molar-refractivity contribution in [2.75, 3.05) is 11.9 Å². The minimum Gasteiger partial charge on any atom is -0.436 e. The first kappa shape index (κ1) is 15.2. The van der Waals surface area contributed by atoms with E-state index >= 15 is 0 Å². The second kappa shape index (κ2) is 5.46. The Morgan fingerprint density at radius 1 is 1.04 bits per heavy atom. The van der Waals surface area contributed by atoms with Crippen LogP contribution in [0.25, 0.3) is 22.1 Å². The number of fused-ring (bicyclic) bond motifs is 7. The quantitative estimate of drug-likeness (QED) is 0.645. The van der Waals surface area contributed by atoms with Crippen LogP contribution in [-0.4, -0.2) is 35.2 Å². The molecule has 0 N–H and O–H groups in total. The number of anilines is 1. The van der Waals surface area contributed by atoms with Crippen molar-refractivity contribution in [1.82, 2.24) is 9.88 Å². The molecule has 1 atom stereocenters. The fourth-order valence-corrected chi connectivity index (χ4v) is 5.00. The second-order valence-electron chi connectivity index (χ2n) is 7.73. The Kier molecular flexibility index (Phi) is 3.32. The van der Waals surface area contributed by atoms with Gasteiger partial charge in [-0.05, 0) is 64.3 Å². The molecule has 2 aliphatic heterocycles. The van der Waals surface area contributed by atoms with Crippen molar-refractivity contribution in [2.24, 2.45) is 0 Å². The highest BCUT2D eigenvalue weighted by Gasteiger charge is 2.39. The molecule has 0 radical (unpaired) electrons. The van der Waals surface area contributed by atoms with Crippen molar-refractivity contribution in [3.05, 3.63) is 36.0 Å². The average Bonchev–Trinajstić information content (AvgIpc) is 2.92. The monoisotopic (exact) mass is 335 g/mol. The minimum atomic E-state index is 0.380. The van der Waals surface area contributed by atoms with E-state index in [4.69, 9.17) is 4.42 Å². The highest BCUT2D eigenvalue weighted by atomic mass is 16.3. The summed E-state index contributed by atoms with van der Waals surface area (Å²) >= 11 is 0. The zero-order chi connectivity index (χ0) is 17.1. The number of aryl methyl sites for hydroxylation is 1. The van der Waals surface area contributed by atoms with E-state index in [1.165, 1.54) is 42.3 Å². The third kappa shape index (κ3) is 2.13. The summed E-state index contributed by atoms with van der Waals surface area (Å²) in [6, 6.07) is 9.84. The molecule has 0 amide bonds. The van der Waals surface area contributed by atoms with Crippen LogP contribution in [0.1, 0.15) is 38.2 Å². The molecule has 3 aliphatic rings. The Balaban J connectivity index is 1.77. The Morgan fingerprint density at radius 3 is 2.60 bits per heavy atom. The molecule has 3 fully saturated rings. The van der Waals surface area contributed by atoms with Crippen LogP contribution in [0, 0.1) is 6.92 Å². The fraction of sp³-hybridized carbons (Fsp3) is 0.476. The number of hydrogen-bond donors (Lipinski definition) is 0. The number of pyridine rings is 1. The van der Waals surface area contributed by atoms with Gasteiger partial charge in [-0.25, -0.2) is 4.98 Å². The molecular formula is C21H25N3O. The molecule has 4 nitrogen and oxygen atoms in total. The predicted octanol–water partition coefficient (Wildman–Crippen LogP) is 4.70. The van der Waals surface area contributed by atoms with Gasteiger partial charge in [-0.2, -0.15) is 0 Å². The van der Waals surface area contributed by atoms with Crippen LogP contribution in [0.2, 0.25) is 0 Å². The molecule has 3 aromatic rings. The molecule has 2 saturated heterocycles. The van der Waals surface area contributed by atoms with Crippen LogP contribution in [0.5, 0.6) is 0 Å². The van der Waals surface area contributed by atoms with Crippen molar-refractivity contribution < 1.29 is 4.42 Å². The Morgan fingerprint density at radius 2 is 1.80 bits per heavy atom. The number of nitrogens with zero attached hydrogens (tertiary/aromatic N) is 3. The summed E-state index contributed by atoms with van der Waals surface area (Å²) in [5.74, 6) is 0. The Bertz CT molecular complexity index is 939. The molecule has 6 rings (SSSR count). The van der Waals surface area contributed by atoms with Gasteiger partial charge in [-0.15, -0.1) is 0 Å². The van der Waals surface area contributed by atoms with Crippen molar-refractivity contribution in [2.45, 2.75) is 57.8 Å².